The van der Waals surface area contributed by atoms with Crippen molar-refractivity contribution >= 4 is 32.6 Å². The average molecular weight is 502 g/mol. The molecule has 0 bridgehead atoms. The topological polar surface area (TPSA) is 64.1 Å². The largest absolute Gasteiger partial charge is 0.497 e. The highest BCUT2D eigenvalue weighted by molar-refractivity contribution is 7.22. The van der Waals surface area contributed by atoms with Crippen molar-refractivity contribution in [2.75, 3.05) is 12.4 Å². The van der Waals surface area contributed by atoms with Crippen LogP contribution in [0, 0.1) is 14.1 Å². The number of hydrogen-bond donors (Lipinski definition) is 1. The van der Waals surface area contributed by atoms with E-state index in [0.717, 1.165) is 16.0 Å². The number of aryl methyl sites for hydroxylation is 1. The highest BCUT2D eigenvalue weighted by Crippen LogP contribution is 2.29. The number of fused-ring (bicyclic) bond motifs is 1. The van der Waals surface area contributed by atoms with Gasteiger partial charge in [0.05, 0.1) is 23.5 Å². The van der Waals surface area contributed by atoms with Gasteiger partial charge < -0.3 is 4.74 Å². The molecule has 5 nitrogen and oxygen atoms in total. The van der Waals surface area contributed by atoms with Gasteiger partial charge in [-0.15, -0.1) is 0 Å². The number of benzene rings is 2. The molecule has 0 fully saturated rings. The molecule has 2 aromatic heterocycles. The zero-order valence-electron chi connectivity index (χ0n) is 15.3. The lowest BCUT2D eigenvalue weighted by Gasteiger charge is -1.99. The van der Waals surface area contributed by atoms with Crippen LogP contribution < -0.4 is 31.3 Å². The first-order valence-electron chi connectivity index (χ1n) is 8.54. The number of methoxy groups -OCH3 is 1. The molecule has 0 radical (unpaired) electrons. The maximum atomic E-state index is 12.5. The summed E-state index contributed by atoms with van der Waals surface area (Å²) in [6, 6.07) is 18.0. The summed E-state index contributed by atoms with van der Waals surface area (Å²) >= 11 is 1.11. The normalized spacial score (nSPS) is 10.8. The quantitative estimate of drug-likeness (QED) is 0.419. The van der Waals surface area contributed by atoms with Gasteiger partial charge in [0.2, 0.25) is 3.57 Å². The zero-order chi connectivity index (χ0) is 19.5. The van der Waals surface area contributed by atoms with E-state index in [0.29, 0.717) is 10.8 Å². The molecule has 0 saturated carbocycles. The van der Waals surface area contributed by atoms with Gasteiger partial charge in [-0.25, -0.2) is 9.97 Å². The number of aromatic nitrogens is 2. The van der Waals surface area contributed by atoms with Crippen molar-refractivity contribution in [3.05, 3.63) is 79.2 Å². The molecular weight excluding hydrogens is 485 g/mol. The van der Waals surface area contributed by atoms with Gasteiger partial charge in [0.25, 0.3) is 5.91 Å². The Kier molecular flexibility index (Phi) is 5.54. The van der Waals surface area contributed by atoms with Gasteiger partial charge in [0.1, 0.15) is 11.4 Å². The summed E-state index contributed by atoms with van der Waals surface area (Å²) in [7, 11) is 1.63. The fourth-order valence-electron chi connectivity index (χ4n) is 2.53. The number of anilines is 1. The van der Waals surface area contributed by atoms with E-state index in [9.17, 15) is 4.79 Å². The molecule has 0 spiro atoms. The number of carbonyl (C=O) groups is 1. The summed E-state index contributed by atoms with van der Waals surface area (Å²) in [5.41, 5.74) is 2.46. The number of rotatable bonds is 5. The maximum absolute atomic E-state index is 12.5. The van der Waals surface area contributed by atoms with Crippen molar-refractivity contribution < 1.29 is 30.7 Å². The SMILES string of the molecule is COc1ccc2nc(NC(=O)c3ccc([I+]c4ccc(C)cc4)cn3)sc2c1. The van der Waals surface area contributed by atoms with Crippen LogP contribution in [0.4, 0.5) is 5.13 Å². The third kappa shape index (κ3) is 4.31. The molecule has 28 heavy (non-hydrogen) atoms. The molecule has 2 aromatic carbocycles. The Morgan fingerprint density at radius 1 is 1.07 bits per heavy atom. The number of hydrogen-bond acceptors (Lipinski definition) is 5. The second kappa shape index (κ2) is 8.24. The van der Waals surface area contributed by atoms with Crippen molar-refractivity contribution in [3.63, 3.8) is 0 Å². The first-order chi connectivity index (χ1) is 13.6. The van der Waals surface area contributed by atoms with Crippen LogP contribution in [0.2, 0.25) is 0 Å². The number of amides is 1. The van der Waals surface area contributed by atoms with Crippen LogP contribution >= 0.6 is 11.3 Å². The highest BCUT2D eigenvalue weighted by atomic mass is 127. The van der Waals surface area contributed by atoms with E-state index in [1.54, 1.807) is 19.4 Å². The summed E-state index contributed by atoms with van der Waals surface area (Å²) in [5.74, 6) is 0.509. The van der Waals surface area contributed by atoms with Crippen molar-refractivity contribution in [1.82, 2.24) is 9.97 Å². The molecule has 0 unspecified atom stereocenters. The number of carbonyl (C=O) groups excluding carboxylic acids is 1. The summed E-state index contributed by atoms with van der Waals surface area (Å²) < 4.78 is 8.68. The van der Waals surface area contributed by atoms with Gasteiger partial charge in [0, 0.05) is 0 Å². The number of pyridine rings is 1. The van der Waals surface area contributed by atoms with Gasteiger partial charge in [0.15, 0.2) is 8.70 Å². The van der Waals surface area contributed by atoms with E-state index in [4.69, 9.17) is 4.74 Å². The number of thiazole rings is 1. The molecule has 0 aliphatic carbocycles. The Labute approximate surface area is 177 Å². The van der Waals surface area contributed by atoms with Crippen molar-refractivity contribution in [3.8, 4) is 5.75 Å². The Bertz CT molecular complexity index is 1120. The molecular formula is C21H17IN3O2S+. The average Bonchev–Trinajstić information content (AvgIpc) is 3.11. The van der Waals surface area contributed by atoms with Crippen LogP contribution in [0.25, 0.3) is 10.2 Å². The molecule has 1 N–H and O–H groups in total. The van der Waals surface area contributed by atoms with Gasteiger partial charge in [-0.1, -0.05) is 29.0 Å². The predicted octanol–water partition coefficient (Wildman–Crippen LogP) is 1.39. The maximum Gasteiger partial charge on any atom is 0.359 e. The molecule has 7 heteroatoms. The second-order valence-electron chi connectivity index (χ2n) is 6.06. The van der Waals surface area contributed by atoms with E-state index in [2.05, 4.69) is 46.5 Å². The van der Waals surface area contributed by atoms with Crippen LogP contribution in [-0.4, -0.2) is 23.0 Å². The van der Waals surface area contributed by atoms with Crippen molar-refractivity contribution in [2.24, 2.45) is 0 Å². The molecule has 0 saturated heterocycles. The van der Waals surface area contributed by atoms with Crippen LogP contribution in [0.5, 0.6) is 5.75 Å². The fourth-order valence-corrected chi connectivity index (χ4v) is 5.50. The number of halogens is 1. The minimum Gasteiger partial charge on any atom is -0.497 e. The number of nitrogens with zero attached hydrogens (tertiary/aromatic N) is 2. The molecule has 1 amide bonds. The van der Waals surface area contributed by atoms with E-state index < -0.39 is 0 Å². The standard InChI is InChI=1S/C21H16IN3O2S/c1-13-3-5-14(6-4-13)22-15-7-9-18(23-12-15)20(26)25-21-24-17-10-8-16(27-2)11-19(17)28-21/h3-12H,1-2H3/p+1. The summed E-state index contributed by atoms with van der Waals surface area (Å²) in [6.07, 6.45) is 1.80. The number of ether oxygens (including phenoxy) is 1. The molecule has 0 aliphatic rings. The third-order valence-electron chi connectivity index (χ3n) is 4.01. The lowest BCUT2D eigenvalue weighted by Crippen LogP contribution is -3.61. The molecule has 4 aromatic rings. The third-order valence-corrected chi connectivity index (χ3v) is 7.54. The molecule has 0 aliphatic heterocycles. The smallest absolute Gasteiger partial charge is 0.359 e. The Balaban J connectivity index is 1.45. The Morgan fingerprint density at radius 3 is 2.57 bits per heavy atom. The highest BCUT2D eigenvalue weighted by Gasteiger charge is 2.18. The van der Waals surface area contributed by atoms with E-state index in [1.165, 1.54) is 24.0 Å². The lowest BCUT2D eigenvalue weighted by molar-refractivity contribution is -0.597. The first kappa shape index (κ1) is 18.8. The minimum absolute atomic E-state index is 0.258. The van der Waals surface area contributed by atoms with Crippen molar-refractivity contribution in [1.29, 1.82) is 0 Å². The van der Waals surface area contributed by atoms with E-state index in [1.807, 2.05) is 24.3 Å². The summed E-state index contributed by atoms with van der Waals surface area (Å²) in [4.78, 5) is 21.3. The predicted molar refractivity (Wildman–Crippen MR) is 107 cm³/mol. The first-order valence-corrected chi connectivity index (χ1v) is 11.5. The summed E-state index contributed by atoms with van der Waals surface area (Å²) in [6.45, 7) is 2.08. The van der Waals surface area contributed by atoms with Gasteiger partial charge >= 0.3 is 21.2 Å². The van der Waals surface area contributed by atoms with Crippen LogP contribution in [0.15, 0.2) is 60.8 Å². The Hall–Kier alpha value is -2.52. The molecule has 4 rings (SSSR count). The van der Waals surface area contributed by atoms with Gasteiger partial charge in [-0.3, -0.25) is 10.1 Å². The van der Waals surface area contributed by atoms with Crippen molar-refractivity contribution in [2.45, 2.75) is 6.92 Å². The molecule has 0 atom stereocenters. The monoisotopic (exact) mass is 502 g/mol. The van der Waals surface area contributed by atoms with Crippen LogP contribution in [0.1, 0.15) is 16.1 Å². The lowest BCUT2D eigenvalue weighted by atomic mass is 10.2. The van der Waals surface area contributed by atoms with E-state index >= 15 is 0 Å². The summed E-state index contributed by atoms with van der Waals surface area (Å²) in [5, 5.41) is 3.38. The Morgan fingerprint density at radius 2 is 1.86 bits per heavy atom. The van der Waals surface area contributed by atoms with Crippen LogP contribution in [0.3, 0.4) is 0 Å². The molecule has 140 valence electrons. The van der Waals surface area contributed by atoms with E-state index in [-0.39, 0.29) is 27.1 Å². The van der Waals surface area contributed by atoms with Crippen LogP contribution in [-0.2, 0) is 0 Å². The second-order valence-corrected chi connectivity index (χ2v) is 10.1. The zero-order valence-corrected chi connectivity index (χ0v) is 18.2. The van der Waals surface area contributed by atoms with Gasteiger partial charge in [-0.05, 0) is 49.4 Å². The minimum atomic E-state index is -0.301. The molecule has 2 heterocycles. The fraction of sp³-hybridized carbons (Fsp3) is 0.0952. The number of nitrogens with one attached hydrogen (secondary N) is 1. The van der Waals surface area contributed by atoms with Gasteiger partial charge in [-0.2, -0.15) is 0 Å².